The van der Waals surface area contributed by atoms with Crippen LogP contribution in [-0.4, -0.2) is 5.91 Å². The number of amides is 1. The van der Waals surface area contributed by atoms with Crippen molar-refractivity contribution < 1.29 is 13.6 Å². The first kappa shape index (κ1) is 13.0. The van der Waals surface area contributed by atoms with Gasteiger partial charge in [0.25, 0.3) is 5.91 Å². The third kappa shape index (κ3) is 2.86. The second kappa shape index (κ2) is 5.45. The second-order valence-corrected chi connectivity index (χ2v) is 3.77. The molecule has 2 aromatic rings. The van der Waals surface area contributed by atoms with Crippen LogP contribution < -0.4 is 16.6 Å². The van der Waals surface area contributed by atoms with Gasteiger partial charge >= 0.3 is 0 Å². The molecule has 2 rings (SSSR count). The molecule has 2 aromatic carbocycles. The predicted molar refractivity (Wildman–Crippen MR) is 68.6 cm³/mol. The van der Waals surface area contributed by atoms with Crippen molar-refractivity contribution in [3.8, 4) is 0 Å². The van der Waals surface area contributed by atoms with Crippen molar-refractivity contribution in [3.05, 3.63) is 59.7 Å². The van der Waals surface area contributed by atoms with Crippen LogP contribution in [0.1, 0.15) is 10.4 Å². The molecule has 0 bridgehead atoms. The van der Waals surface area contributed by atoms with Crippen LogP contribution in [0.15, 0.2) is 42.5 Å². The number of halogens is 2. The number of benzene rings is 2. The van der Waals surface area contributed by atoms with Gasteiger partial charge in [0.2, 0.25) is 0 Å². The fraction of sp³-hybridized carbons (Fsp3) is 0. The lowest BCUT2D eigenvalue weighted by atomic mass is 10.2. The van der Waals surface area contributed by atoms with Crippen LogP contribution in [0.5, 0.6) is 0 Å². The number of nitrogens with two attached hydrogens (primary N) is 1. The molecule has 0 radical (unpaired) electrons. The van der Waals surface area contributed by atoms with E-state index >= 15 is 0 Å². The van der Waals surface area contributed by atoms with Crippen LogP contribution in [0.25, 0.3) is 0 Å². The van der Waals surface area contributed by atoms with Gasteiger partial charge in [0, 0.05) is 11.3 Å². The number of nitrogens with one attached hydrogen (secondary N) is 2. The van der Waals surface area contributed by atoms with E-state index in [2.05, 4.69) is 10.7 Å². The van der Waals surface area contributed by atoms with Crippen LogP contribution in [0.2, 0.25) is 0 Å². The van der Waals surface area contributed by atoms with Crippen molar-refractivity contribution in [1.82, 2.24) is 0 Å². The summed E-state index contributed by atoms with van der Waals surface area (Å²) in [6.07, 6.45) is 0. The number of nitrogen functional groups attached to an aromatic ring is 1. The Kier molecular flexibility index (Phi) is 3.72. The summed E-state index contributed by atoms with van der Waals surface area (Å²) in [4.78, 5) is 11.8. The molecule has 0 aromatic heterocycles. The molecule has 4 nitrogen and oxygen atoms in total. The molecule has 0 atom stereocenters. The summed E-state index contributed by atoms with van der Waals surface area (Å²) in [6, 6.07) is 9.49. The molecule has 0 unspecified atom stereocenters. The smallest absolute Gasteiger partial charge is 0.255 e. The van der Waals surface area contributed by atoms with E-state index in [0.717, 1.165) is 12.1 Å². The minimum Gasteiger partial charge on any atom is -0.324 e. The van der Waals surface area contributed by atoms with E-state index in [4.69, 9.17) is 5.84 Å². The largest absolute Gasteiger partial charge is 0.324 e. The summed E-state index contributed by atoms with van der Waals surface area (Å²) in [7, 11) is 0. The van der Waals surface area contributed by atoms with Gasteiger partial charge in [0.15, 0.2) is 0 Å². The van der Waals surface area contributed by atoms with E-state index < -0.39 is 23.2 Å². The van der Waals surface area contributed by atoms with Crippen LogP contribution in [0.3, 0.4) is 0 Å². The Balaban J connectivity index is 2.20. The average Bonchev–Trinajstić information content (AvgIpc) is 2.43. The summed E-state index contributed by atoms with van der Waals surface area (Å²) in [6.45, 7) is 0. The van der Waals surface area contributed by atoms with Crippen molar-refractivity contribution in [2.45, 2.75) is 0 Å². The lowest BCUT2D eigenvalue weighted by Crippen LogP contribution is -2.14. The fourth-order valence-corrected chi connectivity index (χ4v) is 1.52. The molecule has 0 fully saturated rings. The standard InChI is InChI=1S/C13H11F2N3O/c14-10-2-1-3-11(15)12(10)17-13(19)8-4-6-9(18-16)7-5-8/h1-7,18H,16H2,(H,17,19). The highest BCUT2D eigenvalue weighted by Gasteiger charge is 2.13. The molecule has 19 heavy (non-hydrogen) atoms. The number of rotatable bonds is 3. The summed E-state index contributed by atoms with van der Waals surface area (Å²) >= 11 is 0. The third-order valence-corrected chi connectivity index (χ3v) is 2.52. The maximum absolute atomic E-state index is 13.4. The number of hydrogen-bond donors (Lipinski definition) is 3. The highest BCUT2D eigenvalue weighted by Crippen LogP contribution is 2.19. The van der Waals surface area contributed by atoms with Crippen LogP contribution in [-0.2, 0) is 0 Å². The second-order valence-electron chi connectivity index (χ2n) is 3.77. The minimum absolute atomic E-state index is 0.265. The van der Waals surface area contributed by atoms with Gasteiger partial charge in [0.1, 0.15) is 17.3 Å². The molecule has 4 N–H and O–H groups in total. The Bertz CT molecular complexity index is 579. The van der Waals surface area contributed by atoms with Crippen molar-refractivity contribution in [2.24, 2.45) is 5.84 Å². The third-order valence-electron chi connectivity index (χ3n) is 2.52. The topological polar surface area (TPSA) is 67.1 Å². The summed E-state index contributed by atoms with van der Waals surface area (Å²) in [5.74, 6) is 2.93. The van der Waals surface area contributed by atoms with E-state index in [1.54, 1.807) is 12.1 Å². The van der Waals surface area contributed by atoms with Gasteiger partial charge in [-0.3, -0.25) is 10.6 Å². The highest BCUT2D eigenvalue weighted by atomic mass is 19.1. The summed E-state index contributed by atoms with van der Waals surface area (Å²) < 4.78 is 26.7. The molecule has 1 amide bonds. The van der Waals surface area contributed by atoms with E-state index in [9.17, 15) is 13.6 Å². The van der Waals surface area contributed by atoms with Crippen molar-refractivity contribution >= 4 is 17.3 Å². The Labute approximate surface area is 108 Å². The minimum atomic E-state index is -0.825. The van der Waals surface area contributed by atoms with Crippen molar-refractivity contribution in [1.29, 1.82) is 0 Å². The van der Waals surface area contributed by atoms with Gasteiger partial charge in [-0.1, -0.05) is 6.07 Å². The van der Waals surface area contributed by atoms with E-state index in [0.29, 0.717) is 5.69 Å². The maximum atomic E-state index is 13.4. The first-order valence-electron chi connectivity index (χ1n) is 5.44. The molecule has 98 valence electrons. The number of carbonyl (C=O) groups is 1. The average molecular weight is 263 g/mol. The van der Waals surface area contributed by atoms with Gasteiger partial charge in [-0.25, -0.2) is 8.78 Å². The Hall–Kier alpha value is -2.47. The lowest BCUT2D eigenvalue weighted by Gasteiger charge is -2.08. The maximum Gasteiger partial charge on any atom is 0.255 e. The molecule has 0 aliphatic rings. The van der Waals surface area contributed by atoms with Crippen molar-refractivity contribution in [3.63, 3.8) is 0 Å². The van der Waals surface area contributed by atoms with E-state index in [-0.39, 0.29) is 5.56 Å². The molecule has 0 saturated heterocycles. The van der Waals surface area contributed by atoms with Crippen LogP contribution in [0, 0.1) is 11.6 Å². The molecule has 0 aliphatic heterocycles. The summed E-state index contributed by atoms with van der Waals surface area (Å²) in [5.41, 5.74) is 2.83. The van der Waals surface area contributed by atoms with Gasteiger partial charge in [0.05, 0.1) is 0 Å². The number of carbonyl (C=O) groups excluding carboxylic acids is 1. The molecule has 0 spiro atoms. The lowest BCUT2D eigenvalue weighted by molar-refractivity contribution is 0.102. The van der Waals surface area contributed by atoms with Gasteiger partial charge in [-0.05, 0) is 36.4 Å². The Morgan fingerprint density at radius 2 is 1.58 bits per heavy atom. The molecule has 0 heterocycles. The van der Waals surface area contributed by atoms with Crippen LogP contribution >= 0.6 is 0 Å². The van der Waals surface area contributed by atoms with Gasteiger partial charge in [-0.2, -0.15) is 0 Å². The molecule has 0 saturated carbocycles. The zero-order valence-electron chi connectivity index (χ0n) is 9.78. The number of hydrogen-bond acceptors (Lipinski definition) is 3. The summed E-state index contributed by atoms with van der Waals surface area (Å²) in [5, 5.41) is 2.19. The zero-order chi connectivity index (χ0) is 13.8. The fourth-order valence-electron chi connectivity index (χ4n) is 1.52. The van der Waals surface area contributed by atoms with E-state index in [1.807, 2.05) is 0 Å². The molecular formula is C13H11F2N3O. The number of hydrazine groups is 1. The monoisotopic (exact) mass is 263 g/mol. The Morgan fingerprint density at radius 3 is 2.11 bits per heavy atom. The normalized spacial score (nSPS) is 10.1. The molecular weight excluding hydrogens is 252 g/mol. The van der Waals surface area contributed by atoms with Gasteiger partial charge in [-0.15, -0.1) is 0 Å². The predicted octanol–water partition coefficient (Wildman–Crippen LogP) is 2.50. The highest BCUT2D eigenvalue weighted by molar-refractivity contribution is 6.04. The Morgan fingerprint density at radius 1 is 1.00 bits per heavy atom. The first-order valence-corrected chi connectivity index (χ1v) is 5.44. The van der Waals surface area contributed by atoms with Gasteiger partial charge < -0.3 is 10.7 Å². The zero-order valence-corrected chi connectivity index (χ0v) is 9.78. The van der Waals surface area contributed by atoms with Crippen LogP contribution in [0.4, 0.5) is 20.2 Å². The van der Waals surface area contributed by atoms with E-state index in [1.165, 1.54) is 18.2 Å². The molecule has 6 heteroatoms. The quantitative estimate of drug-likeness (QED) is 0.588. The number of anilines is 2. The molecule has 0 aliphatic carbocycles. The first-order chi connectivity index (χ1) is 9.11. The number of para-hydroxylation sites is 1. The SMILES string of the molecule is NNc1ccc(C(=O)Nc2c(F)cccc2F)cc1. The van der Waals surface area contributed by atoms with Crippen molar-refractivity contribution in [2.75, 3.05) is 10.7 Å².